The van der Waals surface area contributed by atoms with E-state index in [1.807, 2.05) is 41.4 Å². The van der Waals surface area contributed by atoms with Crippen LogP contribution in [0, 0.1) is 0 Å². The molecule has 1 heterocycles. The van der Waals surface area contributed by atoms with Crippen molar-refractivity contribution in [2.24, 2.45) is 5.10 Å². The molecule has 0 aliphatic carbocycles. The Kier molecular flexibility index (Phi) is 7.85. The zero-order valence-corrected chi connectivity index (χ0v) is 16.6. The van der Waals surface area contributed by atoms with E-state index in [2.05, 4.69) is 16.1 Å². The highest BCUT2D eigenvalue weighted by Crippen LogP contribution is 2.22. The maximum atomic E-state index is 6.23. The van der Waals surface area contributed by atoms with Crippen LogP contribution in [-0.2, 0) is 6.54 Å². The quantitative estimate of drug-likeness (QED) is 0.633. The van der Waals surface area contributed by atoms with Gasteiger partial charge in [-0.1, -0.05) is 59.1 Å². The predicted molar refractivity (Wildman–Crippen MR) is 110 cm³/mol. The number of hydrazone groups is 1. The predicted octanol–water partition coefficient (Wildman–Crippen LogP) is 5.22. The van der Waals surface area contributed by atoms with Crippen molar-refractivity contribution in [1.82, 2.24) is 9.91 Å². The second kappa shape index (κ2) is 9.65. The van der Waals surface area contributed by atoms with Gasteiger partial charge in [-0.05, 0) is 23.8 Å². The van der Waals surface area contributed by atoms with Crippen LogP contribution >= 0.6 is 47.2 Å². The third kappa shape index (κ3) is 5.50. The largest absolute Gasteiger partial charge is 0.295 e. The van der Waals surface area contributed by atoms with Crippen molar-refractivity contribution in [3.05, 3.63) is 68.7 Å². The van der Waals surface area contributed by atoms with E-state index in [9.17, 15) is 0 Å². The number of rotatable bonds is 4. The van der Waals surface area contributed by atoms with E-state index >= 15 is 0 Å². The lowest BCUT2D eigenvalue weighted by Gasteiger charge is -2.33. The molecule has 0 radical (unpaired) electrons. The van der Waals surface area contributed by atoms with E-state index in [0.717, 1.165) is 43.3 Å². The van der Waals surface area contributed by atoms with Crippen molar-refractivity contribution in [1.29, 1.82) is 0 Å². The molecule has 0 unspecified atom stereocenters. The summed E-state index contributed by atoms with van der Waals surface area (Å²) >= 11 is 18.6. The molecule has 1 aliphatic heterocycles. The van der Waals surface area contributed by atoms with Crippen molar-refractivity contribution in [2.75, 3.05) is 26.2 Å². The molecule has 0 aromatic heterocycles. The van der Waals surface area contributed by atoms with E-state index in [-0.39, 0.29) is 12.4 Å². The summed E-state index contributed by atoms with van der Waals surface area (Å²) in [6.45, 7) is 4.48. The topological polar surface area (TPSA) is 18.8 Å². The minimum absolute atomic E-state index is 0. The average Bonchev–Trinajstić information content (AvgIpc) is 2.58. The van der Waals surface area contributed by atoms with Crippen LogP contribution in [0.4, 0.5) is 0 Å². The molecule has 0 spiro atoms. The van der Waals surface area contributed by atoms with Crippen LogP contribution in [0.5, 0.6) is 0 Å². The minimum Gasteiger partial charge on any atom is -0.295 e. The van der Waals surface area contributed by atoms with Gasteiger partial charge in [-0.2, -0.15) is 5.10 Å². The Bertz CT molecular complexity index is 708. The van der Waals surface area contributed by atoms with E-state index < -0.39 is 0 Å². The molecule has 0 N–H and O–H groups in total. The molecule has 2 aromatic carbocycles. The summed E-state index contributed by atoms with van der Waals surface area (Å²) in [5.74, 6) is 0. The molecule has 134 valence electrons. The Morgan fingerprint density at radius 2 is 1.44 bits per heavy atom. The summed E-state index contributed by atoms with van der Waals surface area (Å²) in [4.78, 5) is 2.38. The molecule has 1 aliphatic rings. The van der Waals surface area contributed by atoms with Gasteiger partial charge in [-0.25, -0.2) is 0 Å². The Balaban J connectivity index is 0.00000225. The summed E-state index contributed by atoms with van der Waals surface area (Å²) in [5.41, 5.74) is 1.93. The first kappa shape index (κ1) is 20.3. The fraction of sp³-hybridized carbons (Fsp3) is 0.278. The summed E-state index contributed by atoms with van der Waals surface area (Å²) in [6.07, 6.45) is 1.74. The molecule has 25 heavy (non-hydrogen) atoms. The van der Waals surface area contributed by atoms with E-state index in [1.54, 1.807) is 6.21 Å². The Hall–Kier alpha value is -0.970. The van der Waals surface area contributed by atoms with Gasteiger partial charge in [0.25, 0.3) is 0 Å². The number of halogens is 4. The van der Waals surface area contributed by atoms with Gasteiger partial charge in [-0.3, -0.25) is 9.91 Å². The molecule has 0 amide bonds. The van der Waals surface area contributed by atoms with Crippen LogP contribution in [-0.4, -0.2) is 42.3 Å². The Morgan fingerprint density at radius 3 is 2.08 bits per heavy atom. The van der Waals surface area contributed by atoms with Gasteiger partial charge in [0.1, 0.15) is 0 Å². The third-order valence-electron chi connectivity index (χ3n) is 4.05. The third-order valence-corrected chi connectivity index (χ3v) is 5.08. The smallest absolute Gasteiger partial charge is 0.0572 e. The second-order valence-corrected chi connectivity index (χ2v) is 6.92. The normalized spacial score (nSPS) is 15.4. The number of hydrogen-bond donors (Lipinski definition) is 0. The van der Waals surface area contributed by atoms with Crippen LogP contribution in [0.15, 0.2) is 47.6 Å². The summed E-state index contributed by atoms with van der Waals surface area (Å²) in [7, 11) is 0. The maximum absolute atomic E-state index is 6.23. The van der Waals surface area contributed by atoms with Gasteiger partial charge in [0.05, 0.1) is 16.3 Å². The Labute approximate surface area is 169 Å². The molecule has 3 nitrogen and oxygen atoms in total. The highest BCUT2D eigenvalue weighted by Gasteiger charge is 2.16. The van der Waals surface area contributed by atoms with Gasteiger partial charge in [0.2, 0.25) is 0 Å². The first-order chi connectivity index (χ1) is 11.6. The molecule has 1 saturated heterocycles. The van der Waals surface area contributed by atoms with E-state index in [1.165, 1.54) is 5.56 Å². The maximum Gasteiger partial charge on any atom is 0.0572 e. The van der Waals surface area contributed by atoms with Crippen molar-refractivity contribution >= 4 is 53.4 Å². The van der Waals surface area contributed by atoms with Crippen molar-refractivity contribution in [2.45, 2.75) is 6.54 Å². The van der Waals surface area contributed by atoms with E-state index in [4.69, 9.17) is 34.8 Å². The summed E-state index contributed by atoms with van der Waals surface area (Å²) < 4.78 is 0. The van der Waals surface area contributed by atoms with Crippen molar-refractivity contribution < 1.29 is 0 Å². The molecule has 3 rings (SSSR count). The zero-order chi connectivity index (χ0) is 16.9. The fourth-order valence-electron chi connectivity index (χ4n) is 2.65. The molecule has 1 fully saturated rings. The SMILES string of the molecule is Cl.Clc1ccccc1CN1CCN(/N=C/c2c(Cl)cccc2Cl)CC1. The van der Waals surface area contributed by atoms with Crippen LogP contribution < -0.4 is 0 Å². The van der Waals surface area contributed by atoms with Crippen molar-refractivity contribution in [3.63, 3.8) is 0 Å². The standard InChI is InChI=1S/C18H18Cl3N3.ClH/c19-16-5-2-1-4-14(16)13-23-8-10-24(11-9-23)22-12-15-17(20)6-3-7-18(15)21;/h1-7,12H,8-11,13H2;1H/b22-12+;. The molecule has 7 heteroatoms. The van der Waals surface area contributed by atoms with Crippen LogP contribution in [0.3, 0.4) is 0 Å². The van der Waals surface area contributed by atoms with Crippen molar-refractivity contribution in [3.8, 4) is 0 Å². The second-order valence-electron chi connectivity index (χ2n) is 5.70. The molecular weight excluding hydrogens is 400 g/mol. The number of benzene rings is 2. The lowest BCUT2D eigenvalue weighted by Crippen LogP contribution is -2.43. The van der Waals surface area contributed by atoms with Gasteiger partial charge in [0.15, 0.2) is 0 Å². The summed E-state index contributed by atoms with van der Waals surface area (Å²) in [5, 5.41) is 8.62. The number of hydrogen-bond acceptors (Lipinski definition) is 3. The van der Waals surface area contributed by atoms with E-state index in [0.29, 0.717) is 10.0 Å². The monoisotopic (exact) mass is 417 g/mol. The molecule has 0 bridgehead atoms. The average molecular weight is 419 g/mol. The lowest BCUT2D eigenvalue weighted by molar-refractivity contribution is 0.131. The van der Waals surface area contributed by atoms with Crippen LogP contribution in [0.25, 0.3) is 0 Å². The minimum atomic E-state index is 0. The fourth-order valence-corrected chi connectivity index (χ4v) is 3.34. The summed E-state index contributed by atoms with van der Waals surface area (Å²) in [6, 6.07) is 13.5. The van der Waals surface area contributed by atoms with Gasteiger partial charge < -0.3 is 0 Å². The first-order valence-corrected chi connectivity index (χ1v) is 8.95. The van der Waals surface area contributed by atoms with Gasteiger partial charge >= 0.3 is 0 Å². The number of nitrogens with zero attached hydrogens (tertiary/aromatic N) is 3. The highest BCUT2D eigenvalue weighted by atomic mass is 35.5. The molecular formula is C18H19Cl4N3. The van der Waals surface area contributed by atoms with Gasteiger partial charge in [0, 0.05) is 43.3 Å². The zero-order valence-electron chi connectivity index (χ0n) is 13.5. The first-order valence-electron chi connectivity index (χ1n) is 7.82. The van der Waals surface area contributed by atoms with Gasteiger partial charge in [-0.15, -0.1) is 12.4 Å². The molecule has 0 saturated carbocycles. The van der Waals surface area contributed by atoms with Crippen LogP contribution in [0.1, 0.15) is 11.1 Å². The lowest BCUT2D eigenvalue weighted by atomic mass is 10.2. The molecule has 0 atom stereocenters. The molecule has 2 aromatic rings. The van der Waals surface area contributed by atoms with Crippen LogP contribution in [0.2, 0.25) is 15.1 Å². The number of piperazine rings is 1. The highest BCUT2D eigenvalue weighted by molar-refractivity contribution is 6.38. The Morgan fingerprint density at radius 1 is 0.840 bits per heavy atom.